The number of carbonyl (C=O) groups is 1. The van der Waals surface area contributed by atoms with Crippen LogP contribution in [0.5, 0.6) is 11.5 Å². The lowest BCUT2D eigenvalue weighted by molar-refractivity contribution is 0.151. The van der Waals surface area contributed by atoms with Gasteiger partial charge in [-0.05, 0) is 73.9 Å². The molecular formula is C26H32N2O6S. The van der Waals surface area contributed by atoms with Crippen LogP contribution < -0.4 is 19.5 Å². The van der Waals surface area contributed by atoms with Crippen molar-refractivity contribution in [1.29, 1.82) is 0 Å². The average molecular weight is 501 g/mol. The van der Waals surface area contributed by atoms with Gasteiger partial charge >= 0.3 is 6.09 Å². The summed E-state index contributed by atoms with van der Waals surface area (Å²) in [5.41, 5.74) is 3.33. The summed E-state index contributed by atoms with van der Waals surface area (Å²) in [5, 5.41) is 2.66. The van der Waals surface area contributed by atoms with Gasteiger partial charge in [-0.2, -0.15) is 0 Å². The number of hydrogen-bond acceptors (Lipinski definition) is 6. The Labute approximate surface area is 206 Å². The van der Waals surface area contributed by atoms with Crippen LogP contribution in [0.25, 0.3) is 0 Å². The third-order valence-corrected chi connectivity index (χ3v) is 7.51. The Kier molecular flexibility index (Phi) is 7.97. The van der Waals surface area contributed by atoms with Crippen molar-refractivity contribution in [1.82, 2.24) is 4.72 Å². The SMILES string of the molecule is COc1cc(C/C=C/CCS(=O)(=O)N[C@H](C)c2cccc(OCC3CC3)c2)cc2c1NC(=O)OC2. The van der Waals surface area contributed by atoms with Crippen molar-refractivity contribution in [3.8, 4) is 11.5 Å². The van der Waals surface area contributed by atoms with E-state index in [1.165, 1.54) is 12.8 Å². The second-order valence-corrected chi connectivity index (χ2v) is 10.9. The van der Waals surface area contributed by atoms with E-state index in [1.807, 2.05) is 55.5 Å². The maximum Gasteiger partial charge on any atom is 0.412 e. The van der Waals surface area contributed by atoms with Gasteiger partial charge in [-0.25, -0.2) is 17.9 Å². The van der Waals surface area contributed by atoms with E-state index in [4.69, 9.17) is 14.2 Å². The van der Waals surface area contributed by atoms with Crippen molar-refractivity contribution in [3.63, 3.8) is 0 Å². The first-order chi connectivity index (χ1) is 16.8. The van der Waals surface area contributed by atoms with E-state index in [2.05, 4.69) is 10.0 Å². The van der Waals surface area contributed by atoms with Crippen LogP contribution in [0.1, 0.15) is 48.9 Å². The van der Waals surface area contributed by atoms with Crippen LogP contribution in [-0.4, -0.2) is 34.0 Å². The predicted molar refractivity (Wildman–Crippen MR) is 134 cm³/mol. The molecule has 2 aliphatic rings. The van der Waals surface area contributed by atoms with E-state index in [9.17, 15) is 13.2 Å². The monoisotopic (exact) mass is 500 g/mol. The smallest absolute Gasteiger partial charge is 0.412 e. The minimum absolute atomic E-state index is 0.000902. The normalized spacial score (nSPS) is 16.3. The van der Waals surface area contributed by atoms with E-state index in [-0.39, 0.29) is 18.4 Å². The van der Waals surface area contributed by atoms with Gasteiger partial charge in [-0.15, -0.1) is 0 Å². The molecule has 1 amide bonds. The molecule has 0 saturated heterocycles. The largest absolute Gasteiger partial charge is 0.495 e. The molecule has 2 aromatic carbocycles. The minimum atomic E-state index is -3.45. The van der Waals surface area contributed by atoms with Gasteiger partial charge in [0.25, 0.3) is 0 Å². The summed E-state index contributed by atoms with van der Waals surface area (Å²) in [4.78, 5) is 11.5. The first-order valence-corrected chi connectivity index (χ1v) is 13.5. The van der Waals surface area contributed by atoms with E-state index in [0.29, 0.717) is 30.2 Å². The highest BCUT2D eigenvalue weighted by atomic mass is 32.2. The number of ether oxygens (including phenoxy) is 3. The quantitative estimate of drug-likeness (QED) is 0.409. The fraction of sp³-hybridized carbons (Fsp3) is 0.423. The summed E-state index contributed by atoms with van der Waals surface area (Å²) in [6.07, 6.45) is 6.75. The lowest BCUT2D eigenvalue weighted by Crippen LogP contribution is -2.29. The third-order valence-electron chi connectivity index (χ3n) is 6.02. The molecule has 1 fully saturated rings. The van der Waals surface area contributed by atoms with Gasteiger partial charge < -0.3 is 14.2 Å². The van der Waals surface area contributed by atoms with Gasteiger partial charge in [0.2, 0.25) is 10.0 Å². The van der Waals surface area contributed by atoms with Crippen LogP contribution in [0, 0.1) is 5.92 Å². The number of sulfonamides is 1. The van der Waals surface area contributed by atoms with Crippen LogP contribution in [0.4, 0.5) is 10.5 Å². The average Bonchev–Trinajstić information content (AvgIpc) is 3.66. The summed E-state index contributed by atoms with van der Waals surface area (Å²) in [6, 6.07) is 11.1. The first-order valence-electron chi connectivity index (χ1n) is 11.8. The zero-order valence-corrected chi connectivity index (χ0v) is 20.9. The highest BCUT2D eigenvalue weighted by Gasteiger charge is 2.22. The second-order valence-electron chi connectivity index (χ2n) is 8.98. The number of rotatable bonds is 12. The van der Waals surface area contributed by atoms with Gasteiger partial charge in [0, 0.05) is 11.6 Å². The number of nitrogens with one attached hydrogen (secondary N) is 2. The molecule has 0 spiro atoms. The Morgan fingerprint density at radius 2 is 2.06 bits per heavy atom. The summed E-state index contributed by atoms with van der Waals surface area (Å²) in [6.45, 7) is 2.74. The molecule has 1 aliphatic carbocycles. The first kappa shape index (κ1) is 25.1. The molecule has 1 saturated carbocycles. The number of benzene rings is 2. The zero-order chi connectivity index (χ0) is 24.8. The van der Waals surface area contributed by atoms with E-state index >= 15 is 0 Å². The fourth-order valence-electron chi connectivity index (χ4n) is 3.88. The molecule has 1 atom stereocenters. The van der Waals surface area contributed by atoms with E-state index in [0.717, 1.165) is 29.0 Å². The molecule has 188 valence electrons. The highest BCUT2D eigenvalue weighted by Crippen LogP contribution is 2.34. The maximum atomic E-state index is 12.6. The summed E-state index contributed by atoms with van der Waals surface area (Å²) >= 11 is 0. The number of fused-ring (bicyclic) bond motifs is 1. The topological polar surface area (TPSA) is 103 Å². The van der Waals surface area contributed by atoms with E-state index < -0.39 is 16.1 Å². The van der Waals surface area contributed by atoms with Gasteiger partial charge in [0.15, 0.2) is 0 Å². The molecule has 1 heterocycles. The van der Waals surface area contributed by atoms with Crippen LogP contribution in [0.3, 0.4) is 0 Å². The predicted octanol–water partition coefficient (Wildman–Crippen LogP) is 4.72. The number of allylic oxidation sites excluding steroid dienone is 2. The fourth-order valence-corrected chi connectivity index (χ4v) is 5.12. The van der Waals surface area contributed by atoms with Crippen molar-refractivity contribution in [2.24, 2.45) is 5.92 Å². The number of anilines is 1. The molecule has 2 aromatic rings. The Bertz CT molecular complexity index is 1170. The van der Waals surface area contributed by atoms with Gasteiger partial charge in [-0.1, -0.05) is 24.3 Å². The Hall–Kier alpha value is -3.04. The van der Waals surface area contributed by atoms with Gasteiger partial charge in [0.05, 0.1) is 25.2 Å². The standard InChI is InChI=1S/C26H32N2O6S/c1-18(21-8-6-9-23(15-21)33-16-19-10-11-19)28-35(30,31)12-5-3-4-7-20-13-22-17-34-26(29)27-25(22)24(14-20)32-2/h3-4,6,8-9,13-15,18-19,28H,5,7,10-12,16-17H2,1-2H3,(H,27,29)/b4-3+/t18-/m1/s1. The van der Waals surface area contributed by atoms with Crippen molar-refractivity contribution in [3.05, 3.63) is 65.2 Å². The van der Waals surface area contributed by atoms with Crippen LogP contribution in [0.2, 0.25) is 0 Å². The van der Waals surface area contributed by atoms with Crippen molar-refractivity contribution < 1.29 is 27.4 Å². The summed E-state index contributed by atoms with van der Waals surface area (Å²) in [5.74, 6) is 2.01. The number of cyclic esters (lactones) is 1. The molecule has 0 unspecified atom stereocenters. The molecule has 2 N–H and O–H groups in total. The summed E-state index contributed by atoms with van der Waals surface area (Å²) in [7, 11) is -1.90. The lowest BCUT2D eigenvalue weighted by Gasteiger charge is -2.20. The molecule has 1 aliphatic heterocycles. The Morgan fingerprint density at radius 1 is 1.23 bits per heavy atom. The molecule has 35 heavy (non-hydrogen) atoms. The highest BCUT2D eigenvalue weighted by molar-refractivity contribution is 7.89. The Morgan fingerprint density at radius 3 is 2.83 bits per heavy atom. The lowest BCUT2D eigenvalue weighted by atomic mass is 10.0. The molecule has 8 nitrogen and oxygen atoms in total. The number of hydrogen-bond donors (Lipinski definition) is 2. The molecular weight excluding hydrogens is 468 g/mol. The Balaban J connectivity index is 1.26. The molecule has 4 rings (SSSR count). The van der Waals surface area contributed by atoms with Crippen molar-refractivity contribution in [2.75, 3.05) is 24.8 Å². The van der Waals surface area contributed by atoms with Gasteiger partial charge in [0.1, 0.15) is 18.1 Å². The third kappa shape index (κ3) is 7.22. The maximum absolute atomic E-state index is 12.6. The van der Waals surface area contributed by atoms with Gasteiger partial charge in [-0.3, -0.25) is 5.32 Å². The van der Waals surface area contributed by atoms with Crippen LogP contribution >= 0.6 is 0 Å². The van der Waals surface area contributed by atoms with Crippen LogP contribution in [-0.2, 0) is 27.8 Å². The molecule has 9 heteroatoms. The number of carbonyl (C=O) groups excluding carboxylic acids is 1. The minimum Gasteiger partial charge on any atom is -0.495 e. The van der Waals surface area contributed by atoms with Crippen molar-refractivity contribution in [2.45, 2.75) is 45.3 Å². The molecule has 0 aromatic heterocycles. The summed E-state index contributed by atoms with van der Waals surface area (Å²) < 4.78 is 44.2. The number of methoxy groups -OCH3 is 1. The molecule has 0 bridgehead atoms. The zero-order valence-electron chi connectivity index (χ0n) is 20.1. The van der Waals surface area contributed by atoms with Crippen molar-refractivity contribution >= 4 is 21.8 Å². The molecule has 0 radical (unpaired) electrons. The second kappa shape index (κ2) is 11.1. The van der Waals surface area contributed by atoms with E-state index in [1.54, 1.807) is 7.11 Å². The van der Waals surface area contributed by atoms with Crippen LogP contribution in [0.15, 0.2) is 48.6 Å². The number of amides is 1.